The second-order valence-electron chi connectivity index (χ2n) is 5.26. The molecule has 0 saturated carbocycles. The summed E-state index contributed by atoms with van der Waals surface area (Å²) in [6.45, 7) is 1.01. The molecule has 124 valence electrons. The Kier molecular flexibility index (Phi) is 5.64. The van der Waals surface area contributed by atoms with E-state index in [1.807, 2.05) is 0 Å². The number of hydrogen-bond acceptors (Lipinski definition) is 4. The first-order valence-electron chi connectivity index (χ1n) is 7.24. The maximum atomic E-state index is 12.8. The van der Waals surface area contributed by atoms with Crippen LogP contribution < -0.4 is 15.5 Å². The van der Waals surface area contributed by atoms with Crippen molar-refractivity contribution in [2.45, 2.75) is 12.5 Å². The molecule has 2 atom stereocenters. The van der Waals surface area contributed by atoms with Crippen molar-refractivity contribution in [1.29, 1.82) is 0 Å². The molecule has 3 N–H and O–H groups in total. The van der Waals surface area contributed by atoms with Crippen LogP contribution >= 0.6 is 0 Å². The molecule has 1 aliphatic rings. The maximum Gasteiger partial charge on any atom is 0.312 e. The van der Waals surface area contributed by atoms with Crippen LogP contribution in [0.15, 0.2) is 24.3 Å². The number of rotatable bonds is 5. The molecule has 0 bridgehead atoms. The van der Waals surface area contributed by atoms with Gasteiger partial charge in [0.05, 0.1) is 20.2 Å². The van der Waals surface area contributed by atoms with Crippen molar-refractivity contribution in [2.75, 3.05) is 32.1 Å². The lowest BCUT2D eigenvalue weighted by atomic mass is 10.1. The highest BCUT2D eigenvalue weighted by Gasteiger charge is 2.36. The minimum atomic E-state index is -0.657. The van der Waals surface area contributed by atoms with E-state index in [-0.39, 0.29) is 30.6 Å². The van der Waals surface area contributed by atoms with Crippen molar-refractivity contribution in [1.82, 2.24) is 5.32 Å². The number of piperazine rings is 1. The van der Waals surface area contributed by atoms with Crippen molar-refractivity contribution >= 4 is 23.5 Å². The second-order valence-corrected chi connectivity index (χ2v) is 5.26. The van der Waals surface area contributed by atoms with Gasteiger partial charge in [-0.25, -0.2) is 4.39 Å². The average Bonchev–Trinajstić information content (AvgIpc) is 2.52. The van der Waals surface area contributed by atoms with Gasteiger partial charge in [-0.3, -0.25) is 14.4 Å². The van der Waals surface area contributed by atoms with Crippen LogP contribution in [0.2, 0.25) is 0 Å². The molecule has 8 heteroatoms. The van der Waals surface area contributed by atoms with Crippen molar-refractivity contribution in [3.63, 3.8) is 0 Å². The number of quaternary nitrogens is 1. The molecule has 23 heavy (non-hydrogen) atoms. The van der Waals surface area contributed by atoms with Gasteiger partial charge in [0.25, 0.3) is 11.8 Å². The molecule has 1 saturated heterocycles. The number of nitrogens with one attached hydrogen (secondary N) is 3. The topological polar surface area (TPSA) is 88.9 Å². The van der Waals surface area contributed by atoms with Gasteiger partial charge < -0.3 is 20.3 Å². The fraction of sp³-hybridized carbons (Fsp3) is 0.400. The number of ether oxygens (including phenoxy) is 1. The van der Waals surface area contributed by atoms with Gasteiger partial charge in [0.1, 0.15) is 12.2 Å². The van der Waals surface area contributed by atoms with Crippen LogP contribution in [0.3, 0.4) is 0 Å². The Labute approximate surface area is 132 Å². The van der Waals surface area contributed by atoms with Crippen LogP contribution in [0, 0.1) is 5.82 Å². The van der Waals surface area contributed by atoms with E-state index in [4.69, 9.17) is 0 Å². The molecule has 7 nitrogen and oxygen atoms in total. The fourth-order valence-electron chi connectivity index (χ4n) is 2.47. The fourth-order valence-corrected chi connectivity index (χ4v) is 2.47. The van der Waals surface area contributed by atoms with E-state index in [1.165, 1.54) is 31.4 Å². The highest BCUT2D eigenvalue weighted by atomic mass is 19.1. The smallest absolute Gasteiger partial charge is 0.312 e. The molecule has 1 unspecified atom stereocenters. The summed E-state index contributed by atoms with van der Waals surface area (Å²) in [5, 5.41) is 5.32. The van der Waals surface area contributed by atoms with Gasteiger partial charge in [0.2, 0.25) is 0 Å². The number of carbonyl (C=O) groups is 3. The predicted molar refractivity (Wildman–Crippen MR) is 79.2 cm³/mol. The van der Waals surface area contributed by atoms with Gasteiger partial charge in [-0.1, -0.05) is 0 Å². The number of benzene rings is 1. The maximum absolute atomic E-state index is 12.8. The molecule has 0 radical (unpaired) electrons. The van der Waals surface area contributed by atoms with Crippen LogP contribution in [0.5, 0.6) is 0 Å². The molecule has 2 amide bonds. The quantitative estimate of drug-likeness (QED) is 0.588. The van der Waals surface area contributed by atoms with E-state index in [2.05, 4.69) is 15.4 Å². The largest absolute Gasteiger partial charge is 0.469 e. The Hall–Kier alpha value is -2.48. The van der Waals surface area contributed by atoms with Crippen molar-refractivity contribution in [3.05, 3.63) is 30.1 Å². The summed E-state index contributed by atoms with van der Waals surface area (Å²) in [6, 6.07) is 4.75. The summed E-state index contributed by atoms with van der Waals surface area (Å²) >= 11 is 0. The monoisotopic (exact) mass is 324 g/mol. The Morgan fingerprint density at radius 3 is 2.74 bits per heavy atom. The van der Waals surface area contributed by atoms with Crippen LogP contribution in [-0.4, -0.2) is 50.6 Å². The Morgan fingerprint density at radius 2 is 2.09 bits per heavy atom. The van der Waals surface area contributed by atoms with Crippen molar-refractivity contribution < 1.29 is 28.4 Å². The van der Waals surface area contributed by atoms with Crippen molar-refractivity contribution in [2.24, 2.45) is 0 Å². The zero-order valence-electron chi connectivity index (χ0n) is 12.7. The second kappa shape index (κ2) is 7.68. The summed E-state index contributed by atoms with van der Waals surface area (Å²) in [6.07, 6.45) is -0.0819. The number of esters is 1. The molecule has 1 aliphatic heterocycles. The van der Waals surface area contributed by atoms with Gasteiger partial charge in [-0.2, -0.15) is 0 Å². The molecule has 1 fully saturated rings. The number of anilines is 1. The molecule has 1 heterocycles. The molecule has 0 spiro atoms. The van der Waals surface area contributed by atoms with Crippen LogP contribution in [-0.2, 0) is 19.1 Å². The van der Waals surface area contributed by atoms with Gasteiger partial charge in [0.15, 0.2) is 12.6 Å². The first-order valence-corrected chi connectivity index (χ1v) is 7.24. The average molecular weight is 324 g/mol. The van der Waals surface area contributed by atoms with Crippen LogP contribution in [0.4, 0.5) is 10.1 Å². The van der Waals surface area contributed by atoms with Gasteiger partial charge in [-0.05, 0) is 24.3 Å². The number of carbonyl (C=O) groups excluding carboxylic acids is 3. The lowest BCUT2D eigenvalue weighted by Gasteiger charge is -2.30. The minimum Gasteiger partial charge on any atom is -0.469 e. The Balaban J connectivity index is 1.97. The first-order chi connectivity index (χ1) is 11.0. The Morgan fingerprint density at radius 1 is 1.39 bits per heavy atom. The number of methoxy groups -OCH3 is 1. The third-order valence-corrected chi connectivity index (χ3v) is 3.67. The minimum absolute atomic E-state index is 0.0342. The summed E-state index contributed by atoms with van der Waals surface area (Å²) in [4.78, 5) is 36.1. The lowest BCUT2D eigenvalue weighted by molar-refractivity contribution is -0.909. The zero-order chi connectivity index (χ0) is 16.8. The third-order valence-electron chi connectivity index (χ3n) is 3.67. The predicted octanol–water partition coefficient (Wildman–Crippen LogP) is -1.29. The van der Waals surface area contributed by atoms with E-state index >= 15 is 0 Å². The molecule has 2 rings (SSSR count). The van der Waals surface area contributed by atoms with E-state index in [0.29, 0.717) is 23.7 Å². The number of halogens is 1. The molecular weight excluding hydrogens is 305 g/mol. The van der Waals surface area contributed by atoms with Crippen LogP contribution in [0.25, 0.3) is 0 Å². The third kappa shape index (κ3) is 4.75. The number of hydrogen-bond donors (Lipinski definition) is 3. The number of amides is 2. The molecule has 0 aliphatic carbocycles. The summed E-state index contributed by atoms with van der Waals surface area (Å²) in [5.74, 6) is -1.47. The van der Waals surface area contributed by atoms with Crippen LogP contribution in [0.1, 0.15) is 6.42 Å². The SMILES string of the molecule is COC(=O)C[C@@H]1C(=O)NCC[NH+]1CC(=O)Nc1ccc(F)cc1. The van der Waals surface area contributed by atoms with E-state index in [1.54, 1.807) is 0 Å². The Bertz CT molecular complexity index is 591. The summed E-state index contributed by atoms with van der Waals surface area (Å²) in [7, 11) is 1.25. The molecule has 1 aromatic rings. The van der Waals surface area contributed by atoms with E-state index in [0.717, 1.165) is 0 Å². The van der Waals surface area contributed by atoms with Gasteiger partial charge in [-0.15, -0.1) is 0 Å². The zero-order valence-corrected chi connectivity index (χ0v) is 12.7. The molecule has 0 aromatic heterocycles. The van der Waals surface area contributed by atoms with E-state index < -0.39 is 12.0 Å². The van der Waals surface area contributed by atoms with Gasteiger partial charge in [0, 0.05) is 5.69 Å². The lowest BCUT2D eigenvalue weighted by Crippen LogP contribution is -3.20. The molecular formula is C15H19FN3O4+. The highest BCUT2D eigenvalue weighted by molar-refractivity contribution is 5.92. The molecule has 1 aromatic carbocycles. The summed E-state index contributed by atoms with van der Waals surface area (Å²) < 4.78 is 17.4. The summed E-state index contributed by atoms with van der Waals surface area (Å²) in [5.41, 5.74) is 0.474. The normalized spacial score (nSPS) is 20.5. The highest BCUT2D eigenvalue weighted by Crippen LogP contribution is 2.07. The van der Waals surface area contributed by atoms with Gasteiger partial charge >= 0.3 is 5.97 Å². The van der Waals surface area contributed by atoms with Crippen molar-refractivity contribution in [3.8, 4) is 0 Å². The standard InChI is InChI=1S/C15H18FN3O4/c1-23-14(21)8-12-15(22)17-6-7-19(12)9-13(20)18-11-4-2-10(16)3-5-11/h2-5,12H,6-9H2,1H3,(H,17,22)(H,18,20)/p+1/t12-/m1/s1. The van der Waals surface area contributed by atoms with E-state index in [9.17, 15) is 18.8 Å². The first kappa shape index (κ1) is 16.9.